The Kier molecular flexibility index (Phi) is 2.68. The van der Waals surface area contributed by atoms with Gasteiger partial charge in [-0.25, -0.2) is 4.98 Å². The summed E-state index contributed by atoms with van der Waals surface area (Å²) >= 11 is 0. The number of furan rings is 1. The molecule has 4 N–H and O–H groups in total. The van der Waals surface area contributed by atoms with Gasteiger partial charge < -0.3 is 15.9 Å². The van der Waals surface area contributed by atoms with Crippen LogP contribution in [0.1, 0.15) is 5.56 Å². The summed E-state index contributed by atoms with van der Waals surface area (Å²) in [7, 11) is 0. The molecule has 0 saturated carbocycles. The summed E-state index contributed by atoms with van der Waals surface area (Å²) in [5, 5.41) is 11.3. The molecule has 0 radical (unpaired) electrons. The average Bonchev–Trinajstić information content (AvgIpc) is 2.93. The van der Waals surface area contributed by atoms with E-state index in [-0.39, 0.29) is 17.3 Å². The number of nitrogen functional groups attached to an aromatic ring is 2. The van der Waals surface area contributed by atoms with E-state index in [1.807, 2.05) is 48.5 Å². The van der Waals surface area contributed by atoms with Crippen molar-refractivity contribution in [1.29, 1.82) is 5.26 Å². The van der Waals surface area contributed by atoms with Crippen LogP contribution in [0.5, 0.6) is 0 Å². The average molecular weight is 301 g/mol. The summed E-state index contributed by atoms with van der Waals surface area (Å²) < 4.78 is 5.97. The first-order chi connectivity index (χ1) is 11.2. The monoisotopic (exact) mass is 301 g/mol. The molecule has 0 aliphatic carbocycles. The van der Waals surface area contributed by atoms with Crippen molar-refractivity contribution < 1.29 is 4.42 Å². The van der Waals surface area contributed by atoms with Gasteiger partial charge in [-0.2, -0.15) is 10.2 Å². The molecule has 0 unspecified atom stereocenters. The molecule has 2 aromatic carbocycles. The van der Waals surface area contributed by atoms with Crippen LogP contribution in [0.3, 0.4) is 0 Å². The Bertz CT molecular complexity index is 1110. The Morgan fingerprint density at radius 2 is 1.74 bits per heavy atom. The molecule has 110 valence electrons. The minimum atomic E-state index is 0.0182. The number of benzene rings is 2. The maximum atomic E-state index is 9.38. The number of aromatic nitrogens is 2. The molecule has 0 spiro atoms. The highest BCUT2D eigenvalue weighted by atomic mass is 16.3. The highest BCUT2D eigenvalue weighted by molar-refractivity contribution is 6.09. The molecular formula is C17H11N5O. The summed E-state index contributed by atoms with van der Waals surface area (Å²) in [5.74, 6) is 0.0766. The minimum Gasteiger partial charge on any atom is -0.455 e. The fourth-order valence-electron chi connectivity index (χ4n) is 2.73. The van der Waals surface area contributed by atoms with E-state index in [9.17, 15) is 5.26 Å². The lowest BCUT2D eigenvalue weighted by molar-refractivity contribution is 0.670. The van der Waals surface area contributed by atoms with Crippen LogP contribution in [-0.2, 0) is 0 Å². The third-order valence-corrected chi connectivity index (χ3v) is 3.73. The zero-order chi connectivity index (χ0) is 16.0. The van der Waals surface area contributed by atoms with Gasteiger partial charge in [0.1, 0.15) is 28.6 Å². The van der Waals surface area contributed by atoms with Crippen LogP contribution in [0.4, 0.5) is 11.8 Å². The van der Waals surface area contributed by atoms with Crippen LogP contribution in [0.15, 0.2) is 46.9 Å². The third kappa shape index (κ3) is 1.88. The molecule has 2 aromatic heterocycles. The van der Waals surface area contributed by atoms with Crippen molar-refractivity contribution in [2.75, 3.05) is 11.5 Å². The van der Waals surface area contributed by atoms with E-state index in [2.05, 4.69) is 9.97 Å². The molecule has 2 heterocycles. The van der Waals surface area contributed by atoms with Gasteiger partial charge in [-0.3, -0.25) is 0 Å². The van der Waals surface area contributed by atoms with Gasteiger partial charge in [0.2, 0.25) is 5.95 Å². The molecule has 0 amide bonds. The van der Waals surface area contributed by atoms with Crippen LogP contribution in [0.25, 0.3) is 33.2 Å². The van der Waals surface area contributed by atoms with Gasteiger partial charge in [0.15, 0.2) is 0 Å². The van der Waals surface area contributed by atoms with Crippen molar-refractivity contribution in [3.8, 4) is 17.3 Å². The van der Waals surface area contributed by atoms with Gasteiger partial charge in [0.05, 0.1) is 5.69 Å². The maximum absolute atomic E-state index is 9.38. The number of rotatable bonds is 1. The quantitative estimate of drug-likeness (QED) is 0.558. The van der Waals surface area contributed by atoms with Crippen LogP contribution in [0.2, 0.25) is 0 Å². The lowest BCUT2D eigenvalue weighted by Crippen LogP contribution is -2.05. The van der Waals surface area contributed by atoms with Crippen molar-refractivity contribution in [3.05, 3.63) is 48.0 Å². The Labute approximate surface area is 131 Å². The second-order valence-corrected chi connectivity index (χ2v) is 5.08. The fraction of sp³-hybridized carbons (Fsp3) is 0. The molecule has 23 heavy (non-hydrogen) atoms. The normalized spacial score (nSPS) is 10.9. The first-order valence-electron chi connectivity index (χ1n) is 6.92. The molecule has 0 aliphatic heterocycles. The SMILES string of the molecule is N#Cc1c(N)nc(N)nc1-c1cccc2c1oc1ccccc12. The number of para-hydroxylation sites is 2. The molecular weight excluding hydrogens is 290 g/mol. The second kappa shape index (κ2) is 4.71. The van der Waals surface area contributed by atoms with E-state index in [1.165, 1.54) is 0 Å². The van der Waals surface area contributed by atoms with Gasteiger partial charge in [0.25, 0.3) is 0 Å². The lowest BCUT2D eigenvalue weighted by atomic mass is 10.0. The summed E-state index contributed by atoms with van der Waals surface area (Å²) in [6.45, 7) is 0. The Morgan fingerprint density at radius 1 is 0.957 bits per heavy atom. The van der Waals surface area contributed by atoms with Crippen molar-refractivity contribution in [2.24, 2.45) is 0 Å². The van der Waals surface area contributed by atoms with Gasteiger partial charge in [-0.05, 0) is 12.1 Å². The molecule has 4 aromatic rings. The van der Waals surface area contributed by atoms with Crippen LogP contribution >= 0.6 is 0 Å². The van der Waals surface area contributed by atoms with Crippen LogP contribution in [0, 0.1) is 11.3 Å². The number of nitrogens with zero attached hydrogens (tertiary/aromatic N) is 3. The molecule has 4 rings (SSSR count). The Hall–Kier alpha value is -3.59. The zero-order valence-corrected chi connectivity index (χ0v) is 11.9. The second-order valence-electron chi connectivity index (χ2n) is 5.08. The molecule has 0 atom stereocenters. The fourth-order valence-corrected chi connectivity index (χ4v) is 2.73. The van der Waals surface area contributed by atoms with Crippen molar-refractivity contribution in [2.45, 2.75) is 0 Å². The smallest absolute Gasteiger partial charge is 0.222 e. The zero-order valence-electron chi connectivity index (χ0n) is 11.9. The van der Waals surface area contributed by atoms with Gasteiger partial charge in [-0.1, -0.05) is 30.3 Å². The Balaban J connectivity index is 2.14. The summed E-state index contributed by atoms with van der Waals surface area (Å²) in [6, 6.07) is 15.5. The molecule has 0 saturated heterocycles. The summed E-state index contributed by atoms with van der Waals surface area (Å²) in [6.07, 6.45) is 0. The predicted molar refractivity (Wildman–Crippen MR) is 88.3 cm³/mol. The summed E-state index contributed by atoms with van der Waals surface area (Å²) in [5.41, 5.74) is 14.1. The standard InChI is InChI=1S/C17H11N5O/c18-8-12-14(21-17(20)22-16(12)19)11-6-3-5-10-9-4-1-2-7-13(9)23-15(10)11/h1-7H,(H4,19,20,21,22). The van der Waals surface area contributed by atoms with Crippen molar-refractivity contribution in [3.63, 3.8) is 0 Å². The number of nitrogens with two attached hydrogens (primary N) is 2. The number of hydrogen-bond donors (Lipinski definition) is 2. The molecule has 6 nitrogen and oxygen atoms in total. The molecule has 0 aliphatic rings. The summed E-state index contributed by atoms with van der Waals surface area (Å²) in [4.78, 5) is 8.04. The highest BCUT2D eigenvalue weighted by Gasteiger charge is 2.18. The van der Waals surface area contributed by atoms with E-state index in [0.29, 0.717) is 16.8 Å². The lowest BCUT2D eigenvalue weighted by Gasteiger charge is -2.07. The van der Waals surface area contributed by atoms with E-state index in [1.54, 1.807) is 0 Å². The maximum Gasteiger partial charge on any atom is 0.222 e. The largest absolute Gasteiger partial charge is 0.455 e. The van der Waals surface area contributed by atoms with Crippen molar-refractivity contribution in [1.82, 2.24) is 9.97 Å². The topological polar surface area (TPSA) is 115 Å². The van der Waals surface area contributed by atoms with E-state index < -0.39 is 0 Å². The molecule has 0 fully saturated rings. The number of nitriles is 1. The van der Waals surface area contributed by atoms with Gasteiger partial charge in [-0.15, -0.1) is 0 Å². The van der Waals surface area contributed by atoms with Gasteiger partial charge in [0, 0.05) is 16.3 Å². The first kappa shape index (κ1) is 13.1. The van der Waals surface area contributed by atoms with Crippen LogP contribution in [-0.4, -0.2) is 9.97 Å². The number of hydrogen-bond acceptors (Lipinski definition) is 6. The minimum absolute atomic E-state index is 0.0182. The molecule has 0 bridgehead atoms. The number of fused-ring (bicyclic) bond motifs is 3. The van der Waals surface area contributed by atoms with Gasteiger partial charge >= 0.3 is 0 Å². The predicted octanol–water partition coefficient (Wildman–Crippen LogP) is 3.08. The number of anilines is 2. The van der Waals surface area contributed by atoms with E-state index >= 15 is 0 Å². The van der Waals surface area contributed by atoms with E-state index in [4.69, 9.17) is 15.9 Å². The third-order valence-electron chi connectivity index (χ3n) is 3.73. The first-order valence-corrected chi connectivity index (χ1v) is 6.92. The van der Waals surface area contributed by atoms with Crippen molar-refractivity contribution >= 4 is 33.7 Å². The molecule has 6 heteroatoms. The Morgan fingerprint density at radius 3 is 2.57 bits per heavy atom. The highest BCUT2D eigenvalue weighted by Crippen LogP contribution is 2.36. The van der Waals surface area contributed by atoms with Crippen LogP contribution < -0.4 is 11.5 Å². The van der Waals surface area contributed by atoms with E-state index in [0.717, 1.165) is 16.4 Å².